The maximum absolute atomic E-state index is 12.9. The fourth-order valence-electron chi connectivity index (χ4n) is 1.40. The zero-order valence-electron chi connectivity index (χ0n) is 9.05. The second-order valence-corrected chi connectivity index (χ2v) is 3.51. The third-order valence-electron chi connectivity index (χ3n) is 2.30. The normalized spacial score (nSPS) is 10.1. The highest BCUT2D eigenvalue weighted by Crippen LogP contribution is 2.11. The van der Waals surface area contributed by atoms with Crippen molar-refractivity contribution in [3.05, 3.63) is 35.1 Å². The monoisotopic (exact) mass is 210 g/mol. The Labute approximate surface area is 89.1 Å². The molecule has 0 atom stereocenters. The largest absolute Gasteiger partial charge is 0.469 e. The molecule has 0 unspecified atom stereocenters. The molecule has 0 amide bonds. The molecule has 0 N–H and O–H groups in total. The number of rotatable bonds is 4. The molecule has 0 radical (unpaired) electrons. The molecule has 82 valence electrons. The molecule has 1 aromatic carbocycles. The van der Waals surface area contributed by atoms with Crippen LogP contribution < -0.4 is 0 Å². The first kappa shape index (κ1) is 11.7. The Balaban J connectivity index is 2.44. The van der Waals surface area contributed by atoms with E-state index in [9.17, 15) is 9.18 Å². The first-order valence-electron chi connectivity index (χ1n) is 4.95. The van der Waals surface area contributed by atoms with Crippen LogP contribution in [0.1, 0.15) is 24.0 Å². The van der Waals surface area contributed by atoms with Gasteiger partial charge in [-0.15, -0.1) is 0 Å². The molecule has 0 spiro atoms. The lowest BCUT2D eigenvalue weighted by Gasteiger charge is -2.03. The Kier molecular flexibility index (Phi) is 4.28. The summed E-state index contributed by atoms with van der Waals surface area (Å²) in [6.07, 6.45) is 1.92. The van der Waals surface area contributed by atoms with Gasteiger partial charge in [0.25, 0.3) is 0 Å². The highest BCUT2D eigenvalue weighted by molar-refractivity contribution is 5.69. The van der Waals surface area contributed by atoms with Crippen LogP contribution in [0.3, 0.4) is 0 Å². The first-order valence-corrected chi connectivity index (χ1v) is 4.95. The van der Waals surface area contributed by atoms with Crippen LogP contribution in [0.2, 0.25) is 0 Å². The number of hydrogen-bond acceptors (Lipinski definition) is 2. The zero-order valence-corrected chi connectivity index (χ0v) is 9.05. The number of ether oxygens (including phenoxy) is 1. The van der Waals surface area contributed by atoms with Crippen LogP contribution in [0, 0.1) is 12.7 Å². The van der Waals surface area contributed by atoms with Crippen molar-refractivity contribution in [3.63, 3.8) is 0 Å². The molecular formula is C12H15FO2. The van der Waals surface area contributed by atoms with Crippen molar-refractivity contribution < 1.29 is 13.9 Å². The van der Waals surface area contributed by atoms with Gasteiger partial charge >= 0.3 is 5.97 Å². The van der Waals surface area contributed by atoms with Gasteiger partial charge in [-0.2, -0.15) is 0 Å². The number of methoxy groups -OCH3 is 1. The smallest absolute Gasteiger partial charge is 0.305 e. The van der Waals surface area contributed by atoms with Gasteiger partial charge < -0.3 is 4.74 Å². The average molecular weight is 210 g/mol. The van der Waals surface area contributed by atoms with E-state index in [1.807, 2.05) is 6.07 Å². The van der Waals surface area contributed by atoms with E-state index in [-0.39, 0.29) is 11.8 Å². The lowest BCUT2D eigenvalue weighted by Crippen LogP contribution is -2.00. The number of benzene rings is 1. The minimum Gasteiger partial charge on any atom is -0.469 e. The van der Waals surface area contributed by atoms with E-state index in [1.54, 1.807) is 13.0 Å². The first-order chi connectivity index (χ1) is 7.13. The van der Waals surface area contributed by atoms with E-state index in [0.29, 0.717) is 12.0 Å². The predicted octanol–water partition coefficient (Wildman–Crippen LogP) is 2.63. The van der Waals surface area contributed by atoms with Crippen molar-refractivity contribution in [2.24, 2.45) is 0 Å². The molecular weight excluding hydrogens is 195 g/mol. The predicted molar refractivity (Wildman–Crippen MR) is 56.1 cm³/mol. The summed E-state index contributed by atoms with van der Waals surface area (Å²) in [6, 6.07) is 5.02. The van der Waals surface area contributed by atoms with Gasteiger partial charge in [-0.25, -0.2) is 4.39 Å². The summed E-state index contributed by atoms with van der Waals surface area (Å²) >= 11 is 0. The summed E-state index contributed by atoms with van der Waals surface area (Å²) in [5.74, 6) is -0.388. The summed E-state index contributed by atoms with van der Waals surface area (Å²) in [7, 11) is 1.38. The standard InChI is InChI=1S/C12H15FO2/c1-9-8-10(6-7-11(9)13)4-3-5-12(14)15-2/h6-8H,3-5H2,1-2H3. The minimum absolute atomic E-state index is 0.188. The summed E-state index contributed by atoms with van der Waals surface area (Å²) in [5, 5.41) is 0. The van der Waals surface area contributed by atoms with Gasteiger partial charge in [0.2, 0.25) is 0 Å². The third kappa shape index (κ3) is 3.70. The number of halogens is 1. The summed E-state index contributed by atoms with van der Waals surface area (Å²) in [6.45, 7) is 1.74. The quantitative estimate of drug-likeness (QED) is 0.714. The number of esters is 1. The average Bonchev–Trinajstić information content (AvgIpc) is 2.23. The van der Waals surface area contributed by atoms with Crippen molar-refractivity contribution in [1.82, 2.24) is 0 Å². The minimum atomic E-state index is -0.200. The second kappa shape index (κ2) is 5.49. The molecule has 0 aliphatic carbocycles. The summed E-state index contributed by atoms with van der Waals surface area (Å²) < 4.78 is 17.5. The van der Waals surface area contributed by atoms with Crippen LogP contribution in [0.15, 0.2) is 18.2 Å². The molecule has 1 rings (SSSR count). The number of aryl methyl sites for hydroxylation is 2. The van der Waals surface area contributed by atoms with Crippen molar-refractivity contribution in [2.75, 3.05) is 7.11 Å². The molecule has 0 aliphatic heterocycles. The van der Waals surface area contributed by atoms with Gasteiger partial charge in [0.1, 0.15) is 5.82 Å². The number of hydrogen-bond donors (Lipinski definition) is 0. The maximum Gasteiger partial charge on any atom is 0.305 e. The molecule has 0 bridgehead atoms. The zero-order chi connectivity index (χ0) is 11.3. The van der Waals surface area contributed by atoms with Gasteiger partial charge in [0.15, 0.2) is 0 Å². The van der Waals surface area contributed by atoms with E-state index in [4.69, 9.17) is 0 Å². The fraction of sp³-hybridized carbons (Fsp3) is 0.417. The Morgan fingerprint density at radius 2 is 2.20 bits per heavy atom. The highest BCUT2D eigenvalue weighted by Gasteiger charge is 2.02. The van der Waals surface area contributed by atoms with Gasteiger partial charge in [-0.1, -0.05) is 12.1 Å². The van der Waals surface area contributed by atoms with Gasteiger partial charge in [0, 0.05) is 6.42 Å². The van der Waals surface area contributed by atoms with Crippen LogP contribution in [-0.4, -0.2) is 13.1 Å². The molecule has 3 heteroatoms. The molecule has 0 saturated heterocycles. The number of carbonyl (C=O) groups is 1. The summed E-state index contributed by atoms with van der Waals surface area (Å²) in [5.41, 5.74) is 1.70. The Bertz CT molecular complexity index is 347. The Morgan fingerprint density at radius 3 is 2.80 bits per heavy atom. The summed E-state index contributed by atoms with van der Waals surface area (Å²) in [4.78, 5) is 10.8. The lowest BCUT2D eigenvalue weighted by atomic mass is 10.1. The molecule has 0 aromatic heterocycles. The molecule has 0 aliphatic rings. The van der Waals surface area contributed by atoms with Crippen LogP contribution in [0.4, 0.5) is 4.39 Å². The molecule has 2 nitrogen and oxygen atoms in total. The SMILES string of the molecule is COC(=O)CCCc1ccc(F)c(C)c1. The molecule has 1 aromatic rings. The lowest BCUT2D eigenvalue weighted by molar-refractivity contribution is -0.140. The van der Waals surface area contributed by atoms with E-state index in [2.05, 4.69) is 4.74 Å². The van der Waals surface area contributed by atoms with E-state index >= 15 is 0 Å². The van der Waals surface area contributed by atoms with Crippen LogP contribution in [0.25, 0.3) is 0 Å². The van der Waals surface area contributed by atoms with E-state index in [1.165, 1.54) is 13.2 Å². The topological polar surface area (TPSA) is 26.3 Å². The van der Waals surface area contributed by atoms with Crippen molar-refractivity contribution in [1.29, 1.82) is 0 Å². The van der Waals surface area contributed by atoms with E-state index in [0.717, 1.165) is 18.4 Å². The fourth-order valence-corrected chi connectivity index (χ4v) is 1.40. The molecule has 0 saturated carbocycles. The Hall–Kier alpha value is -1.38. The Morgan fingerprint density at radius 1 is 1.47 bits per heavy atom. The van der Waals surface area contributed by atoms with E-state index < -0.39 is 0 Å². The highest BCUT2D eigenvalue weighted by atomic mass is 19.1. The van der Waals surface area contributed by atoms with Crippen molar-refractivity contribution in [2.45, 2.75) is 26.2 Å². The molecule has 0 fully saturated rings. The van der Waals surface area contributed by atoms with Gasteiger partial charge in [-0.3, -0.25) is 4.79 Å². The third-order valence-corrected chi connectivity index (χ3v) is 2.30. The maximum atomic E-state index is 12.9. The van der Waals surface area contributed by atoms with Crippen molar-refractivity contribution >= 4 is 5.97 Å². The second-order valence-electron chi connectivity index (χ2n) is 3.51. The molecule has 0 heterocycles. The van der Waals surface area contributed by atoms with Crippen molar-refractivity contribution in [3.8, 4) is 0 Å². The molecule has 15 heavy (non-hydrogen) atoms. The number of carbonyl (C=O) groups excluding carboxylic acids is 1. The van der Waals surface area contributed by atoms with Crippen LogP contribution >= 0.6 is 0 Å². The van der Waals surface area contributed by atoms with Crippen LogP contribution in [-0.2, 0) is 16.0 Å². The van der Waals surface area contributed by atoms with Gasteiger partial charge in [-0.05, 0) is 37.0 Å². The van der Waals surface area contributed by atoms with Gasteiger partial charge in [0.05, 0.1) is 7.11 Å². The van der Waals surface area contributed by atoms with Crippen LogP contribution in [0.5, 0.6) is 0 Å².